The van der Waals surface area contributed by atoms with Crippen LogP contribution in [0.2, 0.25) is 0 Å². The van der Waals surface area contributed by atoms with Crippen LogP contribution in [-0.2, 0) is 22.7 Å². The molecule has 1 aliphatic rings. The summed E-state index contributed by atoms with van der Waals surface area (Å²) in [5, 5.41) is 2.87. The largest absolute Gasteiger partial charge is 0.416 e. The van der Waals surface area contributed by atoms with E-state index in [2.05, 4.69) is 15.0 Å². The predicted octanol–water partition coefficient (Wildman–Crippen LogP) is 4.54. The Kier molecular flexibility index (Phi) is 7.38. The van der Waals surface area contributed by atoms with E-state index in [1.807, 2.05) is 30.3 Å². The van der Waals surface area contributed by atoms with Crippen molar-refractivity contribution in [2.75, 3.05) is 10.5 Å². The van der Waals surface area contributed by atoms with Crippen molar-refractivity contribution in [3.05, 3.63) is 95.1 Å². The van der Waals surface area contributed by atoms with Crippen LogP contribution in [0.5, 0.6) is 0 Å². The number of nitrogens with one attached hydrogen (secondary N) is 2. The molecule has 0 saturated carbocycles. The zero-order valence-electron chi connectivity index (χ0n) is 18.6. The number of hydrogen-bond acceptors (Lipinski definition) is 6. The zero-order chi connectivity index (χ0) is 25.9. The molecule has 12 heteroatoms. The number of hydrogen-bond donors (Lipinski definition) is 3. The van der Waals surface area contributed by atoms with E-state index in [1.54, 1.807) is 0 Å². The van der Waals surface area contributed by atoms with Gasteiger partial charge in [0.25, 0.3) is 15.9 Å². The molecule has 0 bridgehead atoms. The molecule has 0 aromatic heterocycles. The van der Waals surface area contributed by atoms with Gasteiger partial charge in [-0.15, -0.1) is 0 Å². The van der Waals surface area contributed by atoms with Gasteiger partial charge in [0.15, 0.2) is 5.17 Å². The van der Waals surface area contributed by atoms with Crippen LogP contribution < -0.4 is 15.8 Å². The minimum absolute atomic E-state index is 0.187. The Morgan fingerprint density at radius 3 is 2.39 bits per heavy atom. The van der Waals surface area contributed by atoms with Crippen LogP contribution >= 0.6 is 11.8 Å². The maximum Gasteiger partial charge on any atom is 0.416 e. The monoisotopic (exact) mass is 534 g/mol. The maximum absolute atomic E-state index is 13.4. The molecular weight excluding hydrogens is 513 g/mol. The van der Waals surface area contributed by atoms with Gasteiger partial charge in [-0.2, -0.15) is 13.2 Å². The summed E-state index contributed by atoms with van der Waals surface area (Å²) < 4.78 is 68.0. The van der Waals surface area contributed by atoms with Crippen molar-refractivity contribution in [3.8, 4) is 0 Å². The molecule has 1 heterocycles. The lowest BCUT2D eigenvalue weighted by Crippen LogP contribution is -2.29. The van der Waals surface area contributed by atoms with Gasteiger partial charge in [-0.05, 0) is 41.5 Å². The van der Waals surface area contributed by atoms with Crippen molar-refractivity contribution in [3.63, 3.8) is 0 Å². The van der Waals surface area contributed by atoms with Gasteiger partial charge in [-0.3, -0.25) is 14.5 Å². The molecule has 3 aromatic carbocycles. The van der Waals surface area contributed by atoms with Gasteiger partial charge in [-0.1, -0.05) is 54.2 Å². The number of thioether (sulfide) groups is 1. The third kappa shape index (κ3) is 5.89. The van der Waals surface area contributed by atoms with E-state index in [9.17, 15) is 26.4 Å². The summed E-state index contributed by atoms with van der Waals surface area (Å²) in [7, 11) is -4.30. The first-order chi connectivity index (χ1) is 17.1. The number of carbonyl (C=O) groups is 1. The van der Waals surface area contributed by atoms with Crippen LogP contribution in [0.1, 0.15) is 33.1 Å². The fourth-order valence-corrected chi connectivity index (χ4v) is 5.48. The van der Waals surface area contributed by atoms with Crippen LogP contribution in [0.4, 0.5) is 18.9 Å². The van der Waals surface area contributed by atoms with Gasteiger partial charge in [0.2, 0.25) is 0 Å². The predicted molar refractivity (Wildman–Crippen MR) is 133 cm³/mol. The molecule has 4 rings (SSSR count). The van der Waals surface area contributed by atoms with Crippen molar-refractivity contribution >= 4 is 38.5 Å². The number of aliphatic imine (C=N–C) groups is 1. The summed E-state index contributed by atoms with van der Waals surface area (Å²) in [4.78, 5) is 17.3. The number of sulfonamides is 1. The Balaban J connectivity index is 1.62. The first-order valence-electron chi connectivity index (χ1n) is 10.7. The third-order valence-electron chi connectivity index (χ3n) is 5.36. The smallest absolute Gasteiger partial charge is 0.326 e. The van der Waals surface area contributed by atoms with Crippen LogP contribution in [0, 0.1) is 0 Å². The molecule has 1 aliphatic heterocycles. The summed E-state index contributed by atoms with van der Waals surface area (Å²) >= 11 is 1.28. The van der Waals surface area contributed by atoms with Gasteiger partial charge in [0.05, 0.1) is 27.8 Å². The summed E-state index contributed by atoms with van der Waals surface area (Å²) in [6.07, 6.45) is -4.74. The topological polar surface area (TPSA) is 114 Å². The van der Waals surface area contributed by atoms with Crippen molar-refractivity contribution in [1.29, 1.82) is 0 Å². The number of amides is 1. The molecule has 1 atom stereocenters. The maximum atomic E-state index is 13.4. The molecule has 1 unspecified atom stereocenters. The standard InChI is InChI=1S/C24H21F3N4O3S2/c25-24(26,27)17-8-11-19(20(12-17)31-36(33,34)18-9-6-15(13-28)7-10-18)22(32)30-23-29-21(14-35-23)16-4-2-1-3-5-16/h1-12,21,31H,13-14,28H2,(H,29,30,32). The first-order valence-corrected chi connectivity index (χ1v) is 13.1. The van der Waals surface area contributed by atoms with Crippen molar-refractivity contribution in [2.45, 2.75) is 23.7 Å². The number of halogens is 3. The Bertz CT molecular complexity index is 1390. The molecule has 4 N–H and O–H groups in total. The molecule has 0 radical (unpaired) electrons. The lowest BCUT2D eigenvalue weighted by Gasteiger charge is -2.15. The van der Waals surface area contributed by atoms with Crippen LogP contribution in [0.15, 0.2) is 82.7 Å². The fourth-order valence-electron chi connectivity index (χ4n) is 3.46. The normalized spacial score (nSPS) is 15.9. The molecule has 0 aliphatic carbocycles. The Labute approximate surface area is 210 Å². The van der Waals surface area contributed by atoms with E-state index in [4.69, 9.17) is 5.73 Å². The van der Waals surface area contributed by atoms with Gasteiger partial charge in [-0.25, -0.2) is 8.42 Å². The van der Waals surface area contributed by atoms with Gasteiger partial charge >= 0.3 is 6.18 Å². The number of rotatable bonds is 6. The molecule has 0 saturated heterocycles. The minimum atomic E-state index is -4.74. The van der Waals surface area contributed by atoms with E-state index in [-0.39, 0.29) is 23.0 Å². The van der Waals surface area contributed by atoms with Gasteiger partial charge < -0.3 is 11.1 Å². The van der Waals surface area contributed by atoms with Gasteiger partial charge in [0.1, 0.15) is 0 Å². The van der Waals surface area contributed by atoms with Gasteiger partial charge in [0, 0.05) is 12.3 Å². The number of carbonyl (C=O) groups excluding carboxylic acids is 1. The van der Waals surface area contributed by atoms with E-state index in [1.165, 1.54) is 36.0 Å². The molecular formula is C24H21F3N4O3S2. The number of nitrogens with two attached hydrogens (primary N) is 1. The van der Waals surface area contributed by atoms with Crippen molar-refractivity contribution < 1.29 is 26.4 Å². The highest BCUT2D eigenvalue weighted by Crippen LogP contribution is 2.34. The first kappa shape index (κ1) is 25.7. The van der Waals surface area contributed by atoms with E-state index >= 15 is 0 Å². The van der Waals surface area contributed by atoms with Crippen LogP contribution in [-0.4, -0.2) is 25.2 Å². The number of anilines is 1. The molecule has 0 spiro atoms. The van der Waals surface area contributed by atoms with E-state index in [0.29, 0.717) is 22.6 Å². The second-order valence-corrected chi connectivity index (χ2v) is 10.5. The van der Waals surface area contributed by atoms with E-state index in [0.717, 1.165) is 17.7 Å². The highest BCUT2D eigenvalue weighted by atomic mass is 32.2. The highest BCUT2D eigenvalue weighted by Gasteiger charge is 2.32. The molecule has 0 fully saturated rings. The molecule has 3 aromatic rings. The lowest BCUT2D eigenvalue weighted by atomic mass is 10.1. The molecule has 188 valence electrons. The summed E-state index contributed by atoms with van der Waals surface area (Å²) in [6.45, 7) is 0.193. The Morgan fingerprint density at radius 2 is 1.75 bits per heavy atom. The van der Waals surface area contributed by atoms with Crippen molar-refractivity contribution in [1.82, 2.24) is 5.32 Å². The van der Waals surface area contributed by atoms with Crippen LogP contribution in [0.3, 0.4) is 0 Å². The second kappa shape index (κ2) is 10.3. The number of amidine groups is 1. The summed E-state index contributed by atoms with van der Waals surface area (Å²) in [6, 6.07) is 17.0. The Morgan fingerprint density at radius 1 is 1.06 bits per heavy atom. The second-order valence-electron chi connectivity index (χ2n) is 7.84. The molecule has 36 heavy (non-hydrogen) atoms. The summed E-state index contributed by atoms with van der Waals surface area (Å²) in [5.74, 6) is -0.217. The average molecular weight is 535 g/mol. The number of nitrogens with zero attached hydrogens (tertiary/aromatic N) is 1. The highest BCUT2D eigenvalue weighted by molar-refractivity contribution is 8.14. The fraction of sp³-hybridized carbons (Fsp3) is 0.167. The average Bonchev–Trinajstić information content (AvgIpc) is 3.32. The molecule has 1 amide bonds. The lowest BCUT2D eigenvalue weighted by molar-refractivity contribution is -0.137. The number of benzene rings is 3. The van der Waals surface area contributed by atoms with Crippen LogP contribution in [0.25, 0.3) is 0 Å². The quantitative estimate of drug-likeness (QED) is 0.430. The SMILES string of the molecule is NCc1ccc(S(=O)(=O)Nc2cc(C(F)(F)F)ccc2C(=O)NC2=NC(c3ccccc3)CS2)cc1. The third-order valence-corrected chi connectivity index (χ3v) is 7.71. The zero-order valence-corrected chi connectivity index (χ0v) is 20.3. The van der Waals surface area contributed by atoms with E-state index < -0.39 is 33.4 Å². The molecule has 7 nitrogen and oxygen atoms in total. The number of alkyl halides is 3. The minimum Gasteiger partial charge on any atom is -0.326 e. The van der Waals surface area contributed by atoms with Crippen molar-refractivity contribution in [2.24, 2.45) is 10.7 Å². The summed E-state index contributed by atoms with van der Waals surface area (Å²) in [5.41, 5.74) is 5.27. The Hall–Kier alpha value is -3.35.